The van der Waals surface area contributed by atoms with Crippen molar-refractivity contribution >= 4 is 28.4 Å². The fraction of sp³-hybridized carbons (Fsp3) is 0.176. The topological polar surface area (TPSA) is 46.0 Å². The van der Waals surface area contributed by atoms with Crippen molar-refractivity contribution in [1.82, 2.24) is 19.4 Å². The minimum atomic E-state index is 0.805. The van der Waals surface area contributed by atoms with Gasteiger partial charge in [-0.3, -0.25) is 0 Å². The van der Waals surface area contributed by atoms with Gasteiger partial charge in [-0.2, -0.15) is 0 Å². The van der Waals surface area contributed by atoms with Crippen LogP contribution in [0.5, 0.6) is 0 Å². The smallest absolute Gasteiger partial charge is 0.166 e. The second-order valence-corrected chi connectivity index (χ2v) is 6.47. The molecule has 0 fully saturated rings. The first-order chi connectivity index (χ1) is 10.7. The highest BCUT2D eigenvalue weighted by Gasteiger charge is 2.08. The monoisotopic (exact) mass is 308 g/mol. The molecule has 3 heterocycles. The number of hydrogen-bond donors (Lipinski definition) is 1. The van der Waals surface area contributed by atoms with E-state index in [1.807, 2.05) is 28.8 Å². The Morgan fingerprint density at radius 2 is 2.09 bits per heavy atom. The molecule has 0 saturated heterocycles. The number of imidazole rings is 2. The minimum Gasteiger partial charge on any atom is -0.333 e. The zero-order valence-electron chi connectivity index (χ0n) is 12.5. The van der Waals surface area contributed by atoms with Crippen molar-refractivity contribution in [3.8, 4) is 0 Å². The second kappa shape index (κ2) is 5.18. The summed E-state index contributed by atoms with van der Waals surface area (Å²) in [6.07, 6.45) is 4.09. The number of nitrogens with zero attached hydrogens (tertiary/aromatic N) is 3. The first-order valence-corrected chi connectivity index (χ1v) is 8.20. The number of pyridine rings is 1. The van der Waals surface area contributed by atoms with E-state index in [2.05, 4.69) is 42.1 Å². The maximum Gasteiger partial charge on any atom is 0.166 e. The van der Waals surface area contributed by atoms with Crippen molar-refractivity contribution in [3.05, 3.63) is 59.5 Å². The van der Waals surface area contributed by atoms with Crippen LogP contribution in [0.2, 0.25) is 0 Å². The van der Waals surface area contributed by atoms with Crippen molar-refractivity contribution < 1.29 is 0 Å². The average molecular weight is 308 g/mol. The van der Waals surface area contributed by atoms with E-state index in [9.17, 15) is 0 Å². The van der Waals surface area contributed by atoms with Gasteiger partial charge in [0.1, 0.15) is 5.65 Å². The molecule has 0 atom stereocenters. The average Bonchev–Trinajstić information content (AvgIpc) is 3.07. The Morgan fingerprint density at radius 3 is 2.95 bits per heavy atom. The van der Waals surface area contributed by atoms with Crippen LogP contribution in [-0.4, -0.2) is 19.4 Å². The molecule has 1 aromatic carbocycles. The molecule has 5 heteroatoms. The van der Waals surface area contributed by atoms with Crippen LogP contribution >= 0.6 is 11.8 Å². The molecule has 4 aromatic rings. The Bertz CT molecular complexity index is 934. The van der Waals surface area contributed by atoms with Gasteiger partial charge in [0, 0.05) is 18.1 Å². The van der Waals surface area contributed by atoms with Gasteiger partial charge in [-0.1, -0.05) is 23.9 Å². The summed E-state index contributed by atoms with van der Waals surface area (Å²) in [5.74, 6) is 0.805. The molecular weight excluding hydrogens is 292 g/mol. The van der Waals surface area contributed by atoms with E-state index in [1.54, 1.807) is 11.8 Å². The SMILES string of the molecule is Cc1cc(C)c2nc(SCc3cn4ccccc4n3)[nH]c2c1. The van der Waals surface area contributed by atoms with Gasteiger partial charge in [0.2, 0.25) is 0 Å². The van der Waals surface area contributed by atoms with Crippen LogP contribution in [0, 0.1) is 13.8 Å². The maximum absolute atomic E-state index is 4.70. The second-order valence-electron chi connectivity index (χ2n) is 5.51. The fourth-order valence-corrected chi connectivity index (χ4v) is 3.48. The van der Waals surface area contributed by atoms with E-state index in [-0.39, 0.29) is 0 Å². The number of aryl methyl sites for hydroxylation is 2. The molecule has 1 N–H and O–H groups in total. The first-order valence-electron chi connectivity index (χ1n) is 7.21. The Balaban J connectivity index is 1.59. The molecule has 0 spiro atoms. The number of H-pyrrole nitrogens is 1. The Hall–Kier alpha value is -2.27. The standard InChI is InChI=1S/C17H16N4S/c1-11-7-12(2)16-14(8-11)19-17(20-16)22-10-13-9-21-6-4-3-5-15(21)18-13/h3-9H,10H2,1-2H3,(H,19,20). The van der Waals surface area contributed by atoms with Crippen molar-refractivity contribution in [3.63, 3.8) is 0 Å². The van der Waals surface area contributed by atoms with Gasteiger partial charge in [0.05, 0.1) is 16.7 Å². The molecule has 0 amide bonds. The van der Waals surface area contributed by atoms with Crippen LogP contribution in [0.1, 0.15) is 16.8 Å². The van der Waals surface area contributed by atoms with Crippen molar-refractivity contribution in [1.29, 1.82) is 0 Å². The molecule has 3 aromatic heterocycles. The quantitative estimate of drug-likeness (QED) is 0.579. The highest BCUT2D eigenvalue weighted by molar-refractivity contribution is 7.98. The van der Waals surface area contributed by atoms with Crippen LogP contribution < -0.4 is 0 Å². The molecule has 0 aliphatic heterocycles. The molecule has 0 radical (unpaired) electrons. The molecule has 0 aliphatic carbocycles. The van der Waals surface area contributed by atoms with E-state index in [0.29, 0.717) is 0 Å². The number of aromatic nitrogens is 4. The van der Waals surface area contributed by atoms with Gasteiger partial charge in [-0.15, -0.1) is 0 Å². The lowest BCUT2D eigenvalue weighted by molar-refractivity contribution is 1.07. The lowest BCUT2D eigenvalue weighted by atomic mass is 10.1. The number of hydrogen-bond acceptors (Lipinski definition) is 3. The number of nitrogens with one attached hydrogen (secondary N) is 1. The molecular formula is C17H16N4S. The van der Waals surface area contributed by atoms with Gasteiger partial charge in [-0.25, -0.2) is 9.97 Å². The van der Waals surface area contributed by atoms with Gasteiger partial charge in [-0.05, 0) is 43.2 Å². The van der Waals surface area contributed by atoms with E-state index in [1.165, 1.54) is 11.1 Å². The predicted molar refractivity (Wildman–Crippen MR) is 90.3 cm³/mol. The highest BCUT2D eigenvalue weighted by Crippen LogP contribution is 2.25. The Morgan fingerprint density at radius 1 is 1.18 bits per heavy atom. The third-order valence-corrected chi connectivity index (χ3v) is 4.58. The molecule has 0 bridgehead atoms. The lowest BCUT2D eigenvalue weighted by Crippen LogP contribution is -1.81. The van der Waals surface area contributed by atoms with E-state index in [0.717, 1.165) is 33.3 Å². The van der Waals surface area contributed by atoms with Crippen LogP contribution in [0.3, 0.4) is 0 Å². The lowest BCUT2D eigenvalue weighted by Gasteiger charge is -1.95. The summed E-state index contributed by atoms with van der Waals surface area (Å²) < 4.78 is 2.04. The summed E-state index contributed by atoms with van der Waals surface area (Å²) in [7, 11) is 0. The number of fused-ring (bicyclic) bond motifs is 2. The summed E-state index contributed by atoms with van der Waals surface area (Å²) in [6, 6.07) is 10.3. The van der Waals surface area contributed by atoms with E-state index in [4.69, 9.17) is 4.98 Å². The van der Waals surface area contributed by atoms with Gasteiger partial charge in [0.25, 0.3) is 0 Å². The van der Waals surface area contributed by atoms with Gasteiger partial charge in [0.15, 0.2) is 5.16 Å². The molecule has 0 unspecified atom stereocenters. The molecule has 0 aliphatic rings. The molecule has 22 heavy (non-hydrogen) atoms. The van der Waals surface area contributed by atoms with Crippen LogP contribution in [-0.2, 0) is 5.75 Å². The number of aromatic amines is 1. The summed E-state index contributed by atoms with van der Waals surface area (Å²) in [4.78, 5) is 12.7. The largest absolute Gasteiger partial charge is 0.333 e. The van der Waals surface area contributed by atoms with Crippen LogP contribution in [0.15, 0.2) is 47.9 Å². The number of benzene rings is 1. The number of thioether (sulfide) groups is 1. The Kier molecular flexibility index (Phi) is 3.15. The van der Waals surface area contributed by atoms with Gasteiger partial charge >= 0.3 is 0 Å². The van der Waals surface area contributed by atoms with Crippen molar-refractivity contribution in [2.24, 2.45) is 0 Å². The van der Waals surface area contributed by atoms with E-state index < -0.39 is 0 Å². The molecule has 4 nitrogen and oxygen atoms in total. The predicted octanol–water partition coefficient (Wildman–Crippen LogP) is 4.12. The molecule has 4 rings (SSSR count). The van der Waals surface area contributed by atoms with Crippen molar-refractivity contribution in [2.45, 2.75) is 24.8 Å². The Labute approximate surface area is 132 Å². The molecule has 0 saturated carbocycles. The fourth-order valence-electron chi connectivity index (χ4n) is 2.72. The van der Waals surface area contributed by atoms with Crippen molar-refractivity contribution in [2.75, 3.05) is 0 Å². The van der Waals surface area contributed by atoms with Crippen LogP contribution in [0.25, 0.3) is 16.7 Å². The summed E-state index contributed by atoms with van der Waals surface area (Å²) in [6.45, 7) is 4.21. The highest BCUT2D eigenvalue weighted by atomic mass is 32.2. The van der Waals surface area contributed by atoms with Gasteiger partial charge < -0.3 is 9.38 Å². The normalized spacial score (nSPS) is 11.5. The third-order valence-electron chi connectivity index (χ3n) is 3.67. The molecule has 110 valence electrons. The minimum absolute atomic E-state index is 0.805. The summed E-state index contributed by atoms with van der Waals surface area (Å²) in [5, 5.41) is 0.945. The zero-order valence-corrected chi connectivity index (χ0v) is 13.3. The number of rotatable bonds is 3. The first kappa shape index (κ1) is 13.4. The zero-order chi connectivity index (χ0) is 15.1. The summed E-state index contributed by atoms with van der Waals surface area (Å²) in [5.41, 5.74) is 6.67. The van der Waals surface area contributed by atoms with Crippen LogP contribution in [0.4, 0.5) is 0 Å². The maximum atomic E-state index is 4.70. The summed E-state index contributed by atoms with van der Waals surface area (Å²) >= 11 is 1.69. The van der Waals surface area contributed by atoms with E-state index >= 15 is 0 Å². The third kappa shape index (κ3) is 2.37.